The standard InChI is InChI=1S/C35H38N10O2S.C2HF3O2/c46-33(38-20-25-6-4-5-7-26(25)23-43-11-13-44(14-12-43)31-8-2-1-3-9-31)27-16-29(17-27)40-34(47)28-18-32(22-36-19-28)45-24-30(41-42-45)21-39-35-37-10-15-48-35;3-2(4,5)1(6)7/h1-10,15,18-19,22,24,27,29H,11-14,16-17,20-21,23H2,(H,37,39)(H,38,46)(H,40,47);(H,6,7). The van der Waals surface area contributed by atoms with Crippen LogP contribution in [-0.2, 0) is 29.2 Å². The van der Waals surface area contributed by atoms with Crippen molar-refractivity contribution in [2.45, 2.75) is 44.7 Å². The number of carboxylic acid groups (broad SMARTS) is 1. The number of carbonyl (C=O) groups is 3. The summed E-state index contributed by atoms with van der Waals surface area (Å²) in [6.07, 6.45) is 2.83. The Labute approximate surface area is 318 Å². The molecule has 3 aromatic heterocycles. The molecule has 14 nitrogen and oxygen atoms in total. The van der Waals surface area contributed by atoms with E-state index in [9.17, 15) is 22.8 Å². The minimum Gasteiger partial charge on any atom is -0.475 e. The zero-order chi connectivity index (χ0) is 38.8. The first-order valence-electron chi connectivity index (χ1n) is 17.5. The minimum absolute atomic E-state index is 0.0294. The average Bonchev–Trinajstić information content (AvgIpc) is 3.88. The summed E-state index contributed by atoms with van der Waals surface area (Å²) >= 11 is 1.51. The van der Waals surface area contributed by atoms with Crippen LogP contribution >= 0.6 is 11.3 Å². The average molecular weight is 777 g/mol. The number of hydrogen-bond acceptors (Lipinski definition) is 11. The lowest BCUT2D eigenvalue weighted by Gasteiger charge is -2.36. The van der Waals surface area contributed by atoms with Crippen LogP contribution in [0.3, 0.4) is 0 Å². The Morgan fingerprint density at radius 1 is 0.909 bits per heavy atom. The molecule has 288 valence electrons. The van der Waals surface area contributed by atoms with Gasteiger partial charge in [-0.05, 0) is 42.2 Å². The number of carboxylic acids is 1. The van der Waals surface area contributed by atoms with Gasteiger partial charge < -0.3 is 26.0 Å². The topological polar surface area (TPSA) is 170 Å². The number of halogens is 3. The SMILES string of the molecule is O=C(NC1CC(C(=O)NCc2ccccc2CN2CCN(c3ccccc3)CC2)C1)c1cncc(-n2cc(CNc3nccs3)nn2)c1.O=C(O)C(F)(F)F. The number of anilines is 2. The van der Waals surface area contributed by atoms with Crippen molar-refractivity contribution >= 4 is 39.9 Å². The number of piperazine rings is 1. The van der Waals surface area contributed by atoms with E-state index in [-0.39, 0.29) is 23.8 Å². The minimum atomic E-state index is -5.08. The third-order valence-electron chi connectivity index (χ3n) is 9.19. The molecule has 5 aromatic rings. The maximum absolute atomic E-state index is 13.0. The van der Waals surface area contributed by atoms with Gasteiger partial charge in [-0.2, -0.15) is 13.2 Å². The van der Waals surface area contributed by atoms with Crippen LogP contribution in [0, 0.1) is 5.92 Å². The number of nitrogens with one attached hydrogen (secondary N) is 3. The monoisotopic (exact) mass is 776 g/mol. The van der Waals surface area contributed by atoms with Crippen LogP contribution in [0.1, 0.15) is 40.0 Å². The molecule has 4 heterocycles. The molecular formula is C37H39F3N10O4S. The number of aromatic nitrogens is 5. The van der Waals surface area contributed by atoms with Crippen molar-refractivity contribution in [1.82, 2.24) is 40.5 Å². The van der Waals surface area contributed by atoms with Crippen LogP contribution in [0.15, 0.2) is 90.8 Å². The van der Waals surface area contributed by atoms with Gasteiger partial charge >= 0.3 is 12.1 Å². The van der Waals surface area contributed by atoms with Crippen molar-refractivity contribution in [2.24, 2.45) is 5.92 Å². The lowest BCUT2D eigenvalue weighted by molar-refractivity contribution is -0.192. The molecule has 1 saturated heterocycles. The van der Waals surface area contributed by atoms with Crippen molar-refractivity contribution in [3.63, 3.8) is 0 Å². The van der Waals surface area contributed by atoms with Crippen LogP contribution in [0.2, 0.25) is 0 Å². The van der Waals surface area contributed by atoms with E-state index in [4.69, 9.17) is 9.90 Å². The van der Waals surface area contributed by atoms with Crippen molar-refractivity contribution in [1.29, 1.82) is 0 Å². The summed E-state index contributed by atoms with van der Waals surface area (Å²) in [5.41, 5.74) is 5.46. The Morgan fingerprint density at radius 2 is 1.62 bits per heavy atom. The maximum Gasteiger partial charge on any atom is 0.490 e. The molecule has 0 bridgehead atoms. The molecule has 0 spiro atoms. The first-order valence-corrected chi connectivity index (χ1v) is 18.4. The normalized spacial score (nSPS) is 17.0. The molecule has 1 aliphatic carbocycles. The molecule has 1 aliphatic heterocycles. The third kappa shape index (κ3) is 10.9. The second-order valence-corrected chi connectivity index (χ2v) is 13.9. The second-order valence-electron chi connectivity index (χ2n) is 13.0. The van der Waals surface area contributed by atoms with Crippen LogP contribution < -0.4 is 20.9 Å². The predicted molar refractivity (Wildman–Crippen MR) is 198 cm³/mol. The number of rotatable bonds is 12. The van der Waals surface area contributed by atoms with E-state index in [2.05, 4.69) is 94.6 Å². The number of aliphatic carboxylic acids is 1. The summed E-state index contributed by atoms with van der Waals surface area (Å²) in [7, 11) is 0. The van der Waals surface area contributed by atoms with Crippen molar-refractivity contribution < 1.29 is 32.7 Å². The van der Waals surface area contributed by atoms with Crippen LogP contribution in [0.4, 0.5) is 24.0 Å². The Kier molecular flexibility index (Phi) is 12.7. The van der Waals surface area contributed by atoms with Gasteiger partial charge in [0.25, 0.3) is 5.91 Å². The summed E-state index contributed by atoms with van der Waals surface area (Å²) in [4.78, 5) is 48.3. The number of carbonyl (C=O) groups excluding carboxylic acids is 2. The molecule has 0 atom stereocenters. The van der Waals surface area contributed by atoms with Crippen LogP contribution in [0.25, 0.3) is 5.69 Å². The van der Waals surface area contributed by atoms with Gasteiger partial charge in [-0.1, -0.05) is 47.7 Å². The van der Waals surface area contributed by atoms with Gasteiger partial charge in [-0.3, -0.25) is 19.5 Å². The van der Waals surface area contributed by atoms with E-state index < -0.39 is 12.1 Å². The van der Waals surface area contributed by atoms with Crippen molar-refractivity contribution in [3.8, 4) is 5.69 Å². The highest BCUT2D eigenvalue weighted by atomic mass is 32.1. The lowest BCUT2D eigenvalue weighted by atomic mass is 9.79. The van der Waals surface area contributed by atoms with Gasteiger partial charge in [0.1, 0.15) is 5.69 Å². The zero-order valence-corrected chi connectivity index (χ0v) is 30.3. The molecule has 0 unspecified atom stereocenters. The molecule has 2 fully saturated rings. The van der Waals surface area contributed by atoms with Gasteiger partial charge in [-0.25, -0.2) is 14.5 Å². The summed E-state index contributed by atoms with van der Waals surface area (Å²) in [6, 6.07) is 20.6. The Hall–Kier alpha value is -5.88. The molecule has 0 radical (unpaired) electrons. The first kappa shape index (κ1) is 38.8. The highest BCUT2D eigenvalue weighted by Gasteiger charge is 2.38. The molecule has 2 aromatic carbocycles. The van der Waals surface area contributed by atoms with Gasteiger partial charge in [-0.15, -0.1) is 16.4 Å². The van der Waals surface area contributed by atoms with Crippen LogP contribution in [-0.4, -0.2) is 91.1 Å². The summed E-state index contributed by atoms with van der Waals surface area (Å²) in [5, 5.41) is 27.6. The highest BCUT2D eigenvalue weighted by Crippen LogP contribution is 2.28. The van der Waals surface area contributed by atoms with E-state index in [1.165, 1.54) is 28.8 Å². The Morgan fingerprint density at radius 3 is 2.31 bits per heavy atom. The quantitative estimate of drug-likeness (QED) is 0.141. The maximum atomic E-state index is 13.0. The fourth-order valence-corrected chi connectivity index (χ4v) is 6.66. The lowest BCUT2D eigenvalue weighted by Crippen LogP contribution is -2.49. The van der Waals surface area contributed by atoms with Gasteiger partial charge in [0.2, 0.25) is 5.91 Å². The zero-order valence-electron chi connectivity index (χ0n) is 29.5. The smallest absolute Gasteiger partial charge is 0.475 e. The molecule has 2 aliphatic rings. The number of para-hydroxylation sites is 1. The van der Waals surface area contributed by atoms with Crippen molar-refractivity contribution in [3.05, 3.63) is 113 Å². The van der Waals surface area contributed by atoms with E-state index in [1.807, 2.05) is 11.4 Å². The second kappa shape index (κ2) is 18.0. The molecule has 2 amide bonds. The largest absolute Gasteiger partial charge is 0.490 e. The third-order valence-corrected chi connectivity index (χ3v) is 9.92. The number of thiazole rings is 1. The van der Waals surface area contributed by atoms with Gasteiger partial charge in [0.15, 0.2) is 5.13 Å². The number of hydrogen-bond donors (Lipinski definition) is 4. The molecule has 18 heteroatoms. The van der Waals surface area contributed by atoms with Crippen LogP contribution in [0.5, 0.6) is 0 Å². The number of amides is 2. The Bertz CT molecular complexity index is 2030. The van der Waals surface area contributed by atoms with Crippen molar-refractivity contribution in [2.75, 3.05) is 36.4 Å². The molecule has 55 heavy (non-hydrogen) atoms. The highest BCUT2D eigenvalue weighted by molar-refractivity contribution is 7.13. The molecular weight excluding hydrogens is 738 g/mol. The molecule has 4 N–H and O–H groups in total. The Balaban J connectivity index is 0.000000672. The predicted octanol–water partition coefficient (Wildman–Crippen LogP) is 4.51. The number of nitrogens with zero attached hydrogens (tertiary/aromatic N) is 7. The molecule has 1 saturated carbocycles. The number of alkyl halides is 3. The summed E-state index contributed by atoms with van der Waals surface area (Å²) < 4.78 is 33.3. The number of benzene rings is 2. The summed E-state index contributed by atoms with van der Waals surface area (Å²) in [5.74, 6) is -3.07. The van der Waals surface area contributed by atoms with E-state index >= 15 is 0 Å². The van der Waals surface area contributed by atoms with Gasteiger partial charge in [0, 0.05) is 74.7 Å². The van der Waals surface area contributed by atoms with Gasteiger partial charge in [0.05, 0.1) is 30.2 Å². The first-order chi connectivity index (χ1) is 26.5. The summed E-state index contributed by atoms with van der Waals surface area (Å²) in [6.45, 7) is 5.84. The van der Waals surface area contributed by atoms with E-state index in [1.54, 1.807) is 29.3 Å². The fourth-order valence-electron chi connectivity index (χ4n) is 6.13. The van der Waals surface area contributed by atoms with E-state index in [0.717, 1.165) is 49.1 Å². The van der Waals surface area contributed by atoms with E-state index in [0.29, 0.717) is 37.2 Å². The molecule has 7 rings (SSSR count). The fraction of sp³-hybridized carbons (Fsp3) is 0.324. The number of pyridine rings is 1.